The molecule has 0 atom stereocenters. The second-order valence-corrected chi connectivity index (χ2v) is 13.0. The van der Waals surface area contributed by atoms with Crippen LogP contribution in [-0.2, 0) is 28.2 Å². The van der Waals surface area contributed by atoms with E-state index in [-0.39, 0.29) is 34.8 Å². The molecule has 2 aromatic heterocycles. The lowest BCUT2D eigenvalue weighted by molar-refractivity contribution is -0.137. The molecule has 1 saturated heterocycles. The minimum absolute atomic E-state index is 0.0227. The van der Waals surface area contributed by atoms with Gasteiger partial charge in [0.1, 0.15) is 5.82 Å². The molecule has 0 amide bonds. The normalized spacial score (nSPS) is 16.1. The van der Waals surface area contributed by atoms with Crippen molar-refractivity contribution in [3.8, 4) is 0 Å². The standard InChI is InChI=1S/C27H29F3N6O3S/c1-26(2,3)19-6-4-17(5-7-19)16-36-24-22(33-34-36)25(37)32-23(31-24)18-12-14-35(15-13-18)40(38,39)21-10-8-20(9-11-21)27(28,29)30/h4-11,18H,12-16H2,1-3H3,(H,31,32,37). The van der Waals surface area contributed by atoms with E-state index in [1.54, 1.807) is 4.68 Å². The number of fused-ring (bicyclic) bond motifs is 1. The van der Waals surface area contributed by atoms with E-state index in [4.69, 9.17) is 0 Å². The predicted molar refractivity (Wildman–Crippen MR) is 142 cm³/mol. The van der Waals surface area contributed by atoms with Crippen LogP contribution in [0.2, 0.25) is 0 Å². The summed E-state index contributed by atoms with van der Waals surface area (Å²) in [4.78, 5) is 20.0. The Morgan fingerprint density at radius 2 is 1.55 bits per heavy atom. The maximum Gasteiger partial charge on any atom is 0.416 e. The molecule has 13 heteroatoms. The number of H-pyrrole nitrogens is 1. The van der Waals surface area contributed by atoms with Crippen LogP contribution in [0.4, 0.5) is 13.2 Å². The van der Waals surface area contributed by atoms with Crippen LogP contribution in [-0.4, -0.2) is 50.8 Å². The number of halogens is 3. The van der Waals surface area contributed by atoms with Gasteiger partial charge in [0.25, 0.3) is 5.56 Å². The Bertz CT molecular complexity index is 1680. The Hall–Kier alpha value is -3.58. The third-order valence-corrected chi connectivity index (χ3v) is 9.12. The number of alkyl halides is 3. The minimum Gasteiger partial charge on any atom is -0.308 e. The van der Waals surface area contributed by atoms with E-state index >= 15 is 0 Å². The Balaban J connectivity index is 1.32. The summed E-state index contributed by atoms with van der Waals surface area (Å²) in [5, 5.41) is 8.14. The highest BCUT2D eigenvalue weighted by Gasteiger charge is 2.34. The SMILES string of the molecule is CC(C)(C)c1ccc(Cn2nnc3c(=O)[nH]c(C4CCN(S(=O)(=O)c5ccc(C(F)(F)F)cc5)CC4)nc32)cc1. The van der Waals surface area contributed by atoms with Crippen molar-refractivity contribution >= 4 is 21.2 Å². The zero-order chi connectivity index (χ0) is 28.9. The number of aromatic amines is 1. The van der Waals surface area contributed by atoms with Crippen LogP contribution < -0.4 is 5.56 Å². The molecule has 5 rings (SSSR count). The summed E-state index contributed by atoms with van der Waals surface area (Å²) >= 11 is 0. The lowest BCUT2D eigenvalue weighted by Crippen LogP contribution is -2.38. The molecule has 0 bridgehead atoms. The number of hydrogen-bond donors (Lipinski definition) is 1. The third-order valence-electron chi connectivity index (χ3n) is 7.20. The first-order valence-electron chi connectivity index (χ1n) is 12.8. The number of benzene rings is 2. The average Bonchev–Trinajstić information content (AvgIpc) is 3.31. The molecular weight excluding hydrogens is 545 g/mol. The van der Waals surface area contributed by atoms with Gasteiger partial charge >= 0.3 is 6.18 Å². The highest BCUT2D eigenvalue weighted by molar-refractivity contribution is 7.89. The summed E-state index contributed by atoms with van der Waals surface area (Å²) in [6.07, 6.45) is -3.79. The van der Waals surface area contributed by atoms with Gasteiger partial charge in [-0.1, -0.05) is 50.3 Å². The maximum atomic E-state index is 13.0. The van der Waals surface area contributed by atoms with Gasteiger partial charge in [0.15, 0.2) is 11.2 Å². The fourth-order valence-electron chi connectivity index (χ4n) is 4.80. The number of sulfonamides is 1. The quantitative estimate of drug-likeness (QED) is 0.377. The average molecular weight is 575 g/mol. The zero-order valence-corrected chi connectivity index (χ0v) is 23.1. The summed E-state index contributed by atoms with van der Waals surface area (Å²) in [5.74, 6) is 0.210. The molecule has 3 heterocycles. The van der Waals surface area contributed by atoms with E-state index in [1.807, 2.05) is 12.1 Å². The van der Waals surface area contributed by atoms with E-state index in [0.717, 1.165) is 29.8 Å². The number of rotatable bonds is 5. The molecular formula is C27H29F3N6O3S. The summed E-state index contributed by atoms with van der Waals surface area (Å²) in [5.41, 5.74) is 1.33. The van der Waals surface area contributed by atoms with Gasteiger partial charge < -0.3 is 4.98 Å². The van der Waals surface area contributed by atoms with Gasteiger partial charge in [0.2, 0.25) is 10.0 Å². The van der Waals surface area contributed by atoms with E-state index in [9.17, 15) is 26.4 Å². The molecule has 9 nitrogen and oxygen atoms in total. The first-order valence-corrected chi connectivity index (χ1v) is 14.3. The van der Waals surface area contributed by atoms with Crippen molar-refractivity contribution in [3.05, 3.63) is 81.4 Å². The summed E-state index contributed by atoms with van der Waals surface area (Å²) in [6.45, 7) is 7.05. The van der Waals surface area contributed by atoms with Crippen molar-refractivity contribution in [3.63, 3.8) is 0 Å². The van der Waals surface area contributed by atoms with Gasteiger partial charge in [-0.3, -0.25) is 4.79 Å². The third kappa shape index (κ3) is 5.52. The topological polar surface area (TPSA) is 114 Å². The Morgan fingerprint density at radius 3 is 2.12 bits per heavy atom. The van der Waals surface area contributed by atoms with Crippen LogP contribution in [0.1, 0.15) is 62.0 Å². The zero-order valence-electron chi connectivity index (χ0n) is 22.2. The Morgan fingerprint density at radius 1 is 0.950 bits per heavy atom. The van der Waals surface area contributed by atoms with E-state index in [0.29, 0.717) is 30.9 Å². The number of aromatic nitrogens is 5. The van der Waals surface area contributed by atoms with Crippen LogP contribution in [0.3, 0.4) is 0 Å². The van der Waals surface area contributed by atoms with Crippen LogP contribution in [0.5, 0.6) is 0 Å². The lowest BCUT2D eigenvalue weighted by atomic mass is 9.87. The van der Waals surface area contributed by atoms with E-state index < -0.39 is 27.3 Å². The van der Waals surface area contributed by atoms with Crippen molar-refractivity contribution < 1.29 is 21.6 Å². The summed E-state index contributed by atoms with van der Waals surface area (Å²) < 4.78 is 67.5. The molecule has 0 radical (unpaired) electrons. The van der Waals surface area contributed by atoms with Crippen molar-refractivity contribution in [2.24, 2.45) is 0 Å². The molecule has 1 N–H and O–H groups in total. The highest BCUT2D eigenvalue weighted by Crippen LogP contribution is 2.32. The largest absolute Gasteiger partial charge is 0.416 e. The number of hydrogen-bond acceptors (Lipinski definition) is 6. The number of nitrogens with zero attached hydrogens (tertiary/aromatic N) is 5. The fraction of sp³-hybridized carbons (Fsp3) is 0.407. The van der Waals surface area contributed by atoms with Gasteiger partial charge in [-0.2, -0.15) is 17.5 Å². The molecule has 1 aliphatic heterocycles. The van der Waals surface area contributed by atoms with Crippen molar-refractivity contribution in [1.29, 1.82) is 0 Å². The molecule has 212 valence electrons. The fourth-order valence-corrected chi connectivity index (χ4v) is 6.27. The second kappa shape index (κ2) is 10.1. The van der Waals surface area contributed by atoms with Crippen molar-refractivity contribution in [2.45, 2.75) is 62.6 Å². The van der Waals surface area contributed by atoms with E-state index in [2.05, 4.69) is 53.2 Å². The highest BCUT2D eigenvalue weighted by atomic mass is 32.2. The van der Waals surface area contributed by atoms with Crippen LogP contribution >= 0.6 is 0 Å². The van der Waals surface area contributed by atoms with Gasteiger partial charge in [-0.25, -0.2) is 18.1 Å². The van der Waals surface area contributed by atoms with Crippen LogP contribution in [0.25, 0.3) is 11.2 Å². The second-order valence-electron chi connectivity index (χ2n) is 11.0. The maximum absolute atomic E-state index is 13.0. The van der Waals surface area contributed by atoms with Crippen LogP contribution in [0, 0.1) is 0 Å². The molecule has 0 aliphatic carbocycles. The Kier molecular flexibility index (Phi) is 7.07. The smallest absolute Gasteiger partial charge is 0.308 e. The first kappa shape index (κ1) is 28.0. The molecule has 4 aromatic rings. The minimum atomic E-state index is -4.55. The molecule has 1 aliphatic rings. The molecule has 40 heavy (non-hydrogen) atoms. The summed E-state index contributed by atoms with van der Waals surface area (Å²) in [6, 6.07) is 11.6. The molecule has 2 aromatic carbocycles. The Labute approximate surface area is 229 Å². The van der Waals surface area contributed by atoms with Gasteiger partial charge in [0.05, 0.1) is 17.0 Å². The number of piperidine rings is 1. The lowest BCUT2D eigenvalue weighted by Gasteiger charge is -2.30. The molecule has 0 spiro atoms. The summed E-state index contributed by atoms with van der Waals surface area (Å²) in [7, 11) is -3.97. The number of nitrogens with one attached hydrogen (secondary N) is 1. The van der Waals surface area contributed by atoms with E-state index in [1.165, 1.54) is 9.87 Å². The molecule has 0 saturated carbocycles. The monoisotopic (exact) mass is 574 g/mol. The predicted octanol–water partition coefficient (Wildman–Crippen LogP) is 4.45. The van der Waals surface area contributed by atoms with Gasteiger partial charge in [-0.05, 0) is 53.6 Å². The van der Waals surface area contributed by atoms with Crippen molar-refractivity contribution in [2.75, 3.05) is 13.1 Å². The van der Waals surface area contributed by atoms with Gasteiger partial charge in [-0.15, -0.1) is 5.10 Å². The first-order chi connectivity index (χ1) is 18.7. The molecule has 0 unspecified atom stereocenters. The van der Waals surface area contributed by atoms with Crippen molar-refractivity contribution in [1.82, 2.24) is 29.3 Å². The van der Waals surface area contributed by atoms with Gasteiger partial charge in [0, 0.05) is 19.0 Å². The molecule has 1 fully saturated rings. The van der Waals surface area contributed by atoms with Crippen LogP contribution in [0.15, 0.2) is 58.2 Å².